The van der Waals surface area contributed by atoms with E-state index in [1.165, 1.54) is 0 Å². The maximum Gasteiger partial charge on any atom is 0.224 e. The number of nitrogens with two attached hydrogens (primary N) is 1. The minimum absolute atomic E-state index is 0.0741. The molecule has 0 radical (unpaired) electrons. The molecule has 0 aromatic carbocycles. The van der Waals surface area contributed by atoms with Crippen molar-refractivity contribution in [2.24, 2.45) is 11.7 Å². The fraction of sp³-hybridized carbons (Fsp3) is 0.857. The Bertz CT molecular complexity index is 136. The van der Waals surface area contributed by atoms with Crippen molar-refractivity contribution in [1.82, 2.24) is 5.32 Å². The van der Waals surface area contributed by atoms with Gasteiger partial charge in [0.25, 0.3) is 0 Å². The molecular formula is C7H14N2O. The highest BCUT2D eigenvalue weighted by Crippen LogP contribution is 2.23. The zero-order valence-electron chi connectivity index (χ0n) is 6.26. The Morgan fingerprint density at radius 3 is 2.70 bits per heavy atom. The summed E-state index contributed by atoms with van der Waals surface area (Å²) in [5, 5.41) is 2.62. The van der Waals surface area contributed by atoms with E-state index < -0.39 is 0 Å². The summed E-state index contributed by atoms with van der Waals surface area (Å²) in [4.78, 5) is 11.0. The van der Waals surface area contributed by atoms with Gasteiger partial charge >= 0.3 is 0 Å². The van der Waals surface area contributed by atoms with Gasteiger partial charge in [-0.15, -0.1) is 0 Å². The van der Waals surface area contributed by atoms with E-state index in [4.69, 9.17) is 5.73 Å². The van der Waals surface area contributed by atoms with Crippen molar-refractivity contribution in [3.8, 4) is 0 Å². The van der Waals surface area contributed by atoms with Crippen molar-refractivity contribution < 1.29 is 4.79 Å². The first kappa shape index (κ1) is 7.54. The predicted octanol–water partition coefficient (Wildman–Crippen LogP) is -0.140. The molecule has 3 nitrogen and oxygen atoms in total. The number of hydrogen-bond donors (Lipinski definition) is 2. The lowest BCUT2D eigenvalue weighted by Gasteiger charge is -2.12. The first-order chi connectivity index (χ1) is 4.75. The molecule has 0 aromatic heterocycles. The standard InChI is InChI=1S/C7H14N2O/c1-9-7(10)5-3-2-4-6(5)8/h5-6H,2-4,8H2,1H3,(H,9,10). The average Bonchev–Trinajstić information content (AvgIpc) is 2.34. The van der Waals surface area contributed by atoms with Crippen LogP contribution in [0.5, 0.6) is 0 Å². The third kappa shape index (κ3) is 1.29. The van der Waals surface area contributed by atoms with E-state index in [0.717, 1.165) is 19.3 Å². The monoisotopic (exact) mass is 142 g/mol. The second-order valence-electron chi connectivity index (χ2n) is 2.82. The number of hydrogen-bond acceptors (Lipinski definition) is 2. The lowest BCUT2D eigenvalue weighted by molar-refractivity contribution is -0.124. The van der Waals surface area contributed by atoms with E-state index >= 15 is 0 Å². The van der Waals surface area contributed by atoms with E-state index in [0.29, 0.717) is 0 Å². The maximum absolute atomic E-state index is 11.0. The number of nitrogens with one attached hydrogen (secondary N) is 1. The van der Waals surface area contributed by atoms with Crippen LogP contribution in [0, 0.1) is 5.92 Å². The van der Waals surface area contributed by atoms with Gasteiger partial charge in [0.15, 0.2) is 0 Å². The SMILES string of the molecule is CNC(=O)C1CCCC1N. The fourth-order valence-electron chi connectivity index (χ4n) is 1.50. The highest BCUT2D eigenvalue weighted by molar-refractivity contribution is 5.79. The molecule has 1 amide bonds. The lowest BCUT2D eigenvalue weighted by atomic mass is 10.0. The number of rotatable bonds is 1. The zero-order chi connectivity index (χ0) is 7.56. The minimum atomic E-state index is 0.0741. The highest BCUT2D eigenvalue weighted by Gasteiger charge is 2.29. The third-order valence-corrected chi connectivity index (χ3v) is 2.15. The van der Waals surface area contributed by atoms with E-state index in [9.17, 15) is 4.79 Å². The Labute approximate surface area is 61.0 Å². The van der Waals surface area contributed by atoms with Crippen molar-refractivity contribution in [1.29, 1.82) is 0 Å². The Morgan fingerprint density at radius 2 is 2.30 bits per heavy atom. The van der Waals surface area contributed by atoms with Gasteiger partial charge in [-0.3, -0.25) is 4.79 Å². The van der Waals surface area contributed by atoms with Gasteiger partial charge in [-0.25, -0.2) is 0 Å². The molecule has 3 heteroatoms. The zero-order valence-corrected chi connectivity index (χ0v) is 6.26. The van der Waals surface area contributed by atoms with Crippen LogP contribution in [0.3, 0.4) is 0 Å². The summed E-state index contributed by atoms with van der Waals surface area (Å²) in [7, 11) is 1.66. The molecule has 2 unspecified atom stereocenters. The van der Waals surface area contributed by atoms with Gasteiger partial charge < -0.3 is 11.1 Å². The van der Waals surface area contributed by atoms with Crippen molar-refractivity contribution >= 4 is 5.91 Å². The predicted molar refractivity (Wildman–Crippen MR) is 39.4 cm³/mol. The number of carbonyl (C=O) groups is 1. The molecule has 0 aliphatic heterocycles. The average molecular weight is 142 g/mol. The summed E-state index contributed by atoms with van der Waals surface area (Å²) in [6, 6.07) is 0.0972. The molecule has 0 saturated heterocycles. The van der Waals surface area contributed by atoms with E-state index in [1.807, 2.05) is 0 Å². The molecule has 1 fully saturated rings. The first-order valence-electron chi connectivity index (χ1n) is 3.73. The fourth-order valence-corrected chi connectivity index (χ4v) is 1.50. The topological polar surface area (TPSA) is 55.1 Å². The van der Waals surface area contributed by atoms with Crippen molar-refractivity contribution in [2.45, 2.75) is 25.3 Å². The van der Waals surface area contributed by atoms with Crippen LogP contribution in [-0.4, -0.2) is 19.0 Å². The van der Waals surface area contributed by atoms with Crippen LogP contribution >= 0.6 is 0 Å². The second kappa shape index (κ2) is 3.01. The van der Waals surface area contributed by atoms with Crippen molar-refractivity contribution in [3.05, 3.63) is 0 Å². The summed E-state index contributed by atoms with van der Waals surface area (Å²) in [5.41, 5.74) is 5.69. The molecule has 3 N–H and O–H groups in total. The number of amides is 1. The lowest BCUT2D eigenvalue weighted by Crippen LogP contribution is -2.36. The molecule has 1 aliphatic rings. The maximum atomic E-state index is 11.0. The second-order valence-corrected chi connectivity index (χ2v) is 2.82. The van der Waals surface area contributed by atoms with Gasteiger partial charge in [0.1, 0.15) is 0 Å². The molecule has 2 atom stereocenters. The van der Waals surface area contributed by atoms with Gasteiger partial charge in [-0.05, 0) is 12.8 Å². The number of carbonyl (C=O) groups excluding carboxylic acids is 1. The molecule has 10 heavy (non-hydrogen) atoms. The smallest absolute Gasteiger partial charge is 0.224 e. The molecule has 0 aromatic rings. The Morgan fingerprint density at radius 1 is 1.60 bits per heavy atom. The van der Waals surface area contributed by atoms with Crippen LogP contribution in [0.1, 0.15) is 19.3 Å². The highest BCUT2D eigenvalue weighted by atomic mass is 16.1. The Kier molecular flexibility index (Phi) is 2.27. The van der Waals surface area contributed by atoms with Crippen molar-refractivity contribution in [2.75, 3.05) is 7.05 Å². The normalized spacial score (nSPS) is 32.2. The summed E-state index contributed by atoms with van der Waals surface area (Å²) < 4.78 is 0. The van der Waals surface area contributed by atoms with Crippen LogP contribution in [0.15, 0.2) is 0 Å². The summed E-state index contributed by atoms with van der Waals surface area (Å²) >= 11 is 0. The molecule has 0 spiro atoms. The van der Waals surface area contributed by atoms with Crippen LogP contribution < -0.4 is 11.1 Å². The van der Waals surface area contributed by atoms with E-state index in [-0.39, 0.29) is 17.9 Å². The first-order valence-corrected chi connectivity index (χ1v) is 3.73. The molecular weight excluding hydrogens is 128 g/mol. The Balaban J connectivity index is 2.46. The summed E-state index contributed by atoms with van der Waals surface area (Å²) in [6.07, 6.45) is 3.05. The Hall–Kier alpha value is -0.570. The quantitative estimate of drug-likeness (QED) is 0.535. The van der Waals surface area contributed by atoms with Crippen LogP contribution in [0.4, 0.5) is 0 Å². The molecule has 1 aliphatic carbocycles. The largest absolute Gasteiger partial charge is 0.359 e. The summed E-state index contributed by atoms with van der Waals surface area (Å²) in [5.74, 6) is 0.176. The molecule has 0 heterocycles. The summed E-state index contributed by atoms with van der Waals surface area (Å²) in [6.45, 7) is 0. The van der Waals surface area contributed by atoms with Gasteiger partial charge in [0.05, 0.1) is 5.92 Å². The van der Waals surface area contributed by atoms with Gasteiger partial charge in [-0.1, -0.05) is 6.42 Å². The van der Waals surface area contributed by atoms with Crippen LogP contribution in [0.25, 0.3) is 0 Å². The third-order valence-electron chi connectivity index (χ3n) is 2.15. The van der Waals surface area contributed by atoms with Gasteiger partial charge in [0.2, 0.25) is 5.91 Å². The van der Waals surface area contributed by atoms with Gasteiger partial charge in [-0.2, -0.15) is 0 Å². The van der Waals surface area contributed by atoms with Crippen LogP contribution in [-0.2, 0) is 4.79 Å². The molecule has 0 bridgehead atoms. The van der Waals surface area contributed by atoms with Gasteiger partial charge in [0, 0.05) is 13.1 Å². The van der Waals surface area contributed by atoms with Crippen molar-refractivity contribution in [3.63, 3.8) is 0 Å². The van der Waals surface area contributed by atoms with E-state index in [2.05, 4.69) is 5.32 Å². The van der Waals surface area contributed by atoms with Crippen LogP contribution in [0.2, 0.25) is 0 Å². The minimum Gasteiger partial charge on any atom is -0.359 e. The molecule has 58 valence electrons. The molecule has 1 saturated carbocycles. The van der Waals surface area contributed by atoms with E-state index in [1.54, 1.807) is 7.05 Å². The molecule has 1 rings (SSSR count).